The van der Waals surface area contributed by atoms with Crippen molar-refractivity contribution in [3.63, 3.8) is 0 Å². The SMILES string of the molecule is Cc1ncccc1NC(=O)c1ccc2c(c1)C=CC1CC(C(F)(F)F)CC(C=Cc3ccccc3)C21. The second kappa shape index (κ2) is 9.76. The molecule has 0 saturated heterocycles. The van der Waals surface area contributed by atoms with E-state index < -0.39 is 12.1 Å². The first-order chi connectivity index (χ1) is 17.3. The lowest BCUT2D eigenvalue weighted by molar-refractivity contribution is -0.188. The van der Waals surface area contributed by atoms with Crippen molar-refractivity contribution in [3.8, 4) is 0 Å². The second-order valence-electron chi connectivity index (χ2n) is 9.63. The summed E-state index contributed by atoms with van der Waals surface area (Å²) >= 11 is 0. The molecule has 184 valence electrons. The van der Waals surface area contributed by atoms with Gasteiger partial charge >= 0.3 is 6.18 Å². The lowest BCUT2D eigenvalue weighted by atomic mass is 9.62. The number of aryl methyl sites for hydroxylation is 1. The number of fused-ring (bicyclic) bond motifs is 3. The molecular formula is C30H27F3N2O. The Balaban J connectivity index is 1.45. The van der Waals surface area contributed by atoms with Crippen molar-refractivity contribution < 1.29 is 18.0 Å². The van der Waals surface area contributed by atoms with Crippen LogP contribution in [0.4, 0.5) is 18.9 Å². The molecule has 3 aromatic rings. The highest BCUT2D eigenvalue weighted by molar-refractivity contribution is 6.05. The average molecular weight is 489 g/mol. The molecule has 6 heteroatoms. The topological polar surface area (TPSA) is 42.0 Å². The first-order valence-corrected chi connectivity index (χ1v) is 12.1. The van der Waals surface area contributed by atoms with Gasteiger partial charge in [-0.15, -0.1) is 0 Å². The van der Waals surface area contributed by atoms with Crippen LogP contribution in [0.1, 0.15) is 51.5 Å². The van der Waals surface area contributed by atoms with Crippen LogP contribution >= 0.6 is 0 Å². The smallest absolute Gasteiger partial charge is 0.320 e. The zero-order chi connectivity index (χ0) is 25.3. The molecule has 1 aromatic heterocycles. The van der Waals surface area contributed by atoms with Gasteiger partial charge in [-0.1, -0.05) is 60.7 Å². The number of anilines is 1. The van der Waals surface area contributed by atoms with Gasteiger partial charge in [0.2, 0.25) is 0 Å². The lowest BCUT2D eigenvalue weighted by Crippen LogP contribution is -2.37. The van der Waals surface area contributed by atoms with Crippen LogP contribution in [0.3, 0.4) is 0 Å². The number of pyridine rings is 1. The number of benzene rings is 2. The van der Waals surface area contributed by atoms with Crippen molar-refractivity contribution >= 4 is 23.7 Å². The Morgan fingerprint density at radius 3 is 2.61 bits per heavy atom. The minimum Gasteiger partial charge on any atom is -0.320 e. The number of rotatable bonds is 4. The molecule has 5 rings (SSSR count). The summed E-state index contributed by atoms with van der Waals surface area (Å²) in [5.74, 6) is -2.12. The lowest BCUT2D eigenvalue weighted by Gasteiger charge is -2.43. The fourth-order valence-electron chi connectivity index (χ4n) is 5.49. The normalized spacial score (nSPS) is 23.2. The molecule has 4 atom stereocenters. The number of carbonyl (C=O) groups excluding carboxylic acids is 1. The average Bonchev–Trinajstić information content (AvgIpc) is 2.88. The van der Waals surface area contributed by atoms with Crippen molar-refractivity contribution in [1.29, 1.82) is 0 Å². The Labute approximate surface area is 208 Å². The fraction of sp³-hybridized carbons (Fsp3) is 0.267. The zero-order valence-corrected chi connectivity index (χ0v) is 19.9. The zero-order valence-electron chi connectivity index (χ0n) is 19.9. The third kappa shape index (κ3) is 4.99. The highest BCUT2D eigenvalue weighted by Gasteiger charge is 2.48. The Hall–Kier alpha value is -3.67. The van der Waals surface area contributed by atoms with Gasteiger partial charge in [-0.2, -0.15) is 13.2 Å². The van der Waals surface area contributed by atoms with Crippen LogP contribution in [0, 0.1) is 24.7 Å². The third-order valence-electron chi connectivity index (χ3n) is 7.32. The van der Waals surface area contributed by atoms with Gasteiger partial charge in [0, 0.05) is 11.8 Å². The van der Waals surface area contributed by atoms with Crippen LogP contribution in [0.15, 0.2) is 79.0 Å². The maximum atomic E-state index is 13.8. The van der Waals surface area contributed by atoms with E-state index in [0.717, 1.165) is 22.4 Å². The van der Waals surface area contributed by atoms with E-state index in [0.29, 0.717) is 11.3 Å². The third-order valence-corrected chi connectivity index (χ3v) is 7.32. The molecule has 1 N–H and O–H groups in total. The summed E-state index contributed by atoms with van der Waals surface area (Å²) in [5.41, 5.74) is 4.72. The van der Waals surface area contributed by atoms with Gasteiger partial charge in [0.05, 0.1) is 17.3 Å². The van der Waals surface area contributed by atoms with Gasteiger partial charge in [0.1, 0.15) is 0 Å². The molecule has 2 aromatic carbocycles. The van der Waals surface area contributed by atoms with E-state index >= 15 is 0 Å². The number of carbonyl (C=O) groups is 1. The van der Waals surface area contributed by atoms with Crippen molar-refractivity contribution in [2.24, 2.45) is 17.8 Å². The van der Waals surface area contributed by atoms with Crippen LogP contribution in [0.25, 0.3) is 12.2 Å². The van der Waals surface area contributed by atoms with Gasteiger partial charge in [-0.05, 0) is 78.5 Å². The van der Waals surface area contributed by atoms with E-state index in [1.54, 1.807) is 24.4 Å². The molecule has 3 nitrogen and oxygen atoms in total. The van der Waals surface area contributed by atoms with E-state index in [1.807, 2.05) is 73.7 Å². The molecule has 0 aliphatic heterocycles. The van der Waals surface area contributed by atoms with Gasteiger partial charge in [0.25, 0.3) is 5.91 Å². The van der Waals surface area contributed by atoms with Crippen LogP contribution in [-0.4, -0.2) is 17.1 Å². The molecule has 4 unspecified atom stereocenters. The molecule has 1 heterocycles. The first kappa shape index (κ1) is 24.0. The summed E-state index contributed by atoms with van der Waals surface area (Å²) in [6.45, 7) is 1.83. The Morgan fingerprint density at radius 1 is 1.06 bits per heavy atom. The van der Waals surface area contributed by atoms with Crippen LogP contribution in [0.5, 0.6) is 0 Å². The van der Waals surface area contributed by atoms with E-state index in [-0.39, 0.29) is 36.5 Å². The maximum Gasteiger partial charge on any atom is 0.391 e. The molecule has 36 heavy (non-hydrogen) atoms. The van der Waals surface area contributed by atoms with Crippen molar-refractivity contribution in [1.82, 2.24) is 4.98 Å². The number of alkyl halides is 3. The number of aromatic nitrogens is 1. The number of hydrogen-bond donors (Lipinski definition) is 1. The summed E-state index contributed by atoms with van der Waals surface area (Å²) in [7, 11) is 0. The summed E-state index contributed by atoms with van der Waals surface area (Å²) in [6, 6.07) is 18.7. The summed E-state index contributed by atoms with van der Waals surface area (Å²) in [6.07, 6.45) is 5.24. The quantitative estimate of drug-likeness (QED) is 0.409. The van der Waals surface area contributed by atoms with Gasteiger partial charge in [-0.25, -0.2) is 0 Å². The number of amides is 1. The predicted molar refractivity (Wildman–Crippen MR) is 136 cm³/mol. The van der Waals surface area contributed by atoms with E-state index in [2.05, 4.69) is 10.3 Å². The Kier molecular flexibility index (Phi) is 6.52. The number of nitrogens with one attached hydrogen (secondary N) is 1. The minimum absolute atomic E-state index is 0.0593. The van der Waals surface area contributed by atoms with Gasteiger partial charge in [-0.3, -0.25) is 9.78 Å². The second-order valence-corrected chi connectivity index (χ2v) is 9.63. The molecule has 2 aliphatic carbocycles. The number of halogens is 3. The number of nitrogens with zero attached hydrogens (tertiary/aromatic N) is 1. The highest BCUT2D eigenvalue weighted by Crippen LogP contribution is 2.52. The molecule has 1 fully saturated rings. The van der Waals surface area contributed by atoms with Crippen LogP contribution in [0.2, 0.25) is 0 Å². The summed E-state index contributed by atoms with van der Waals surface area (Å²) in [4.78, 5) is 17.1. The standard InChI is InChI=1S/C30H27F3N2O/c1-19-27(8-5-15-34-19)35-29(36)24-13-14-26-21(16-24)11-12-23-18-25(30(31,32)33)17-22(28(23)26)10-9-20-6-3-2-4-7-20/h2-16,22-23,25,28H,17-18H2,1H3,(H,35,36). The van der Waals surface area contributed by atoms with E-state index in [4.69, 9.17) is 0 Å². The highest BCUT2D eigenvalue weighted by atomic mass is 19.4. The van der Waals surface area contributed by atoms with Gasteiger partial charge < -0.3 is 5.32 Å². The molecule has 0 bridgehead atoms. The monoisotopic (exact) mass is 488 g/mol. The molecular weight excluding hydrogens is 461 g/mol. The minimum atomic E-state index is -4.22. The van der Waals surface area contributed by atoms with Gasteiger partial charge in [0.15, 0.2) is 0 Å². The summed E-state index contributed by atoms with van der Waals surface area (Å²) < 4.78 is 41.4. The predicted octanol–water partition coefficient (Wildman–Crippen LogP) is 7.67. The molecule has 1 amide bonds. The first-order valence-electron chi connectivity index (χ1n) is 12.1. The maximum absolute atomic E-state index is 13.8. The number of hydrogen-bond acceptors (Lipinski definition) is 2. The van der Waals surface area contributed by atoms with Crippen molar-refractivity contribution in [2.45, 2.75) is 31.9 Å². The Morgan fingerprint density at radius 2 is 1.86 bits per heavy atom. The Bertz CT molecular complexity index is 1310. The van der Waals surface area contributed by atoms with E-state index in [9.17, 15) is 18.0 Å². The number of allylic oxidation sites excluding steroid dienone is 2. The van der Waals surface area contributed by atoms with Crippen LogP contribution in [-0.2, 0) is 0 Å². The summed E-state index contributed by atoms with van der Waals surface area (Å²) in [5, 5.41) is 2.90. The van der Waals surface area contributed by atoms with Crippen molar-refractivity contribution in [2.75, 3.05) is 5.32 Å². The van der Waals surface area contributed by atoms with E-state index in [1.165, 1.54) is 0 Å². The molecule has 0 radical (unpaired) electrons. The fourth-order valence-corrected chi connectivity index (χ4v) is 5.49. The largest absolute Gasteiger partial charge is 0.391 e. The molecule has 0 spiro atoms. The molecule has 2 aliphatic rings. The van der Waals surface area contributed by atoms with Crippen molar-refractivity contribution in [3.05, 3.63) is 107 Å². The molecule has 1 saturated carbocycles. The van der Waals surface area contributed by atoms with Crippen LogP contribution < -0.4 is 5.32 Å².